The van der Waals surface area contributed by atoms with Gasteiger partial charge in [-0.25, -0.2) is 9.97 Å². The summed E-state index contributed by atoms with van der Waals surface area (Å²) >= 11 is 0. The molecule has 0 spiro atoms. The molecule has 2 N–H and O–H groups in total. The summed E-state index contributed by atoms with van der Waals surface area (Å²) in [6, 6.07) is 9.94. The second-order valence-electron chi connectivity index (χ2n) is 4.97. The van der Waals surface area contributed by atoms with Gasteiger partial charge in [-0.2, -0.15) is 0 Å². The van der Waals surface area contributed by atoms with Gasteiger partial charge in [0, 0.05) is 49.9 Å². The van der Waals surface area contributed by atoms with Crippen molar-refractivity contribution in [1.29, 1.82) is 0 Å². The van der Waals surface area contributed by atoms with Crippen LogP contribution in [-0.2, 0) is 0 Å². The van der Waals surface area contributed by atoms with Gasteiger partial charge in [-0.05, 0) is 36.8 Å². The molecule has 0 bridgehead atoms. The second-order valence-corrected chi connectivity index (χ2v) is 4.97. The Kier molecular flexibility index (Phi) is 3.67. The van der Waals surface area contributed by atoms with E-state index < -0.39 is 0 Å². The Labute approximate surface area is 119 Å². The number of anilines is 3. The molecule has 5 nitrogen and oxygen atoms in total. The second kappa shape index (κ2) is 5.77. The van der Waals surface area contributed by atoms with Crippen LogP contribution in [0.1, 0.15) is 6.42 Å². The molecule has 0 saturated carbocycles. The van der Waals surface area contributed by atoms with Gasteiger partial charge in [0.25, 0.3) is 0 Å². The van der Waals surface area contributed by atoms with Crippen LogP contribution in [-0.4, -0.2) is 36.1 Å². The lowest BCUT2D eigenvalue weighted by molar-refractivity contribution is 0.782. The fourth-order valence-corrected chi connectivity index (χ4v) is 2.52. The number of benzene rings is 1. The molecule has 0 unspecified atom stereocenters. The van der Waals surface area contributed by atoms with Gasteiger partial charge in [-0.3, -0.25) is 0 Å². The molecule has 3 rings (SSSR count). The number of rotatable bonds is 2. The molecular formula is C15H19N5. The number of nitrogens with two attached hydrogens (primary N) is 1. The smallest absolute Gasteiger partial charge is 0.225 e. The summed E-state index contributed by atoms with van der Waals surface area (Å²) in [5.74, 6) is 0.826. The van der Waals surface area contributed by atoms with Crippen molar-refractivity contribution in [3.05, 3.63) is 42.7 Å². The maximum absolute atomic E-state index is 5.74. The van der Waals surface area contributed by atoms with Crippen LogP contribution in [0.2, 0.25) is 0 Å². The van der Waals surface area contributed by atoms with E-state index in [1.165, 1.54) is 5.69 Å². The minimum atomic E-state index is 0.808. The van der Waals surface area contributed by atoms with Gasteiger partial charge in [0.1, 0.15) is 0 Å². The van der Waals surface area contributed by atoms with E-state index in [2.05, 4.69) is 31.9 Å². The van der Waals surface area contributed by atoms with E-state index >= 15 is 0 Å². The average molecular weight is 269 g/mol. The number of hydrogen-bond donors (Lipinski definition) is 1. The van der Waals surface area contributed by atoms with Gasteiger partial charge >= 0.3 is 0 Å². The summed E-state index contributed by atoms with van der Waals surface area (Å²) in [5.41, 5.74) is 7.78. The normalized spacial score (nSPS) is 16.0. The van der Waals surface area contributed by atoms with Crippen LogP contribution in [0.15, 0.2) is 42.7 Å². The van der Waals surface area contributed by atoms with Crippen molar-refractivity contribution in [1.82, 2.24) is 9.97 Å². The molecule has 0 radical (unpaired) electrons. The molecule has 2 aromatic rings. The first kappa shape index (κ1) is 12.7. The lowest BCUT2D eigenvalue weighted by Gasteiger charge is -2.23. The fraction of sp³-hybridized carbons (Fsp3) is 0.333. The highest BCUT2D eigenvalue weighted by atomic mass is 15.3. The van der Waals surface area contributed by atoms with Gasteiger partial charge < -0.3 is 15.5 Å². The fourth-order valence-electron chi connectivity index (χ4n) is 2.52. The SMILES string of the molecule is Nc1ccc(N2CCCN(c3ncccn3)CC2)cc1. The highest BCUT2D eigenvalue weighted by molar-refractivity contribution is 5.53. The topological polar surface area (TPSA) is 58.3 Å². The monoisotopic (exact) mass is 269 g/mol. The van der Waals surface area contributed by atoms with Crippen molar-refractivity contribution in [2.45, 2.75) is 6.42 Å². The van der Waals surface area contributed by atoms with Crippen molar-refractivity contribution < 1.29 is 0 Å². The van der Waals surface area contributed by atoms with E-state index in [9.17, 15) is 0 Å². The highest BCUT2D eigenvalue weighted by Gasteiger charge is 2.16. The van der Waals surface area contributed by atoms with Crippen molar-refractivity contribution in [3.63, 3.8) is 0 Å². The van der Waals surface area contributed by atoms with E-state index in [4.69, 9.17) is 5.73 Å². The Bertz CT molecular complexity index is 540. The van der Waals surface area contributed by atoms with Crippen molar-refractivity contribution in [2.24, 2.45) is 0 Å². The first-order chi connectivity index (χ1) is 9.83. The van der Waals surface area contributed by atoms with E-state index in [1.807, 2.05) is 18.2 Å². The van der Waals surface area contributed by atoms with Crippen LogP contribution in [0.5, 0.6) is 0 Å². The molecule has 104 valence electrons. The number of nitrogen functional groups attached to an aromatic ring is 1. The Hall–Kier alpha value is -2.30. The van der Waals surface area contributed by atoms with Crippen LogP contribution >= 0.6 is 0 Å². The van der Waals surface area contributed by atoms with Crippen LogP contribution in [0.25, 0.3) is 0 Å². The molecule has 0 aliphatic carbocycles. The zero-order valence-electron chi connectivity index (χ0n) is 11.4. The average Bonchev–Trinajstić information content (AvgIpc) is 2.75. The summed E-state index contributed by atoms with van der Waals surface area (Å²) in [4.78, 5) is 13.3. The van der Waals surface area contributed by atoms with E-state index in [0.717, 1.165) is 44.2 Å². The van der Waals surface area contributed by atoms with E-state index in [0.29, 0.717) is 0 Å². The van der Waals surface area contributed by atoms with Crippen LogP contribution in [0.3, 0.4) is 0 Å². The predicted octanol–water partition coefficient (Wildman–Crippen LogP) is 1.78. The largest absolute Gasteiger partial charge is 0.399 e. The van der Waals surface area contributed by atoms with Gasteiger partial charge in [-0.1, -0.05) is 0 Å². The molecule has 1 aliphatic rings. The number of nitrogens with zero attached hydrogens (tertiary/aromatic N) is 4. The third kappa shape index (κ3) is 2.82. The Balaban J connectivity index is 1.69. The zero-order chi connectivity index (χ0) is 13.8. The van der Waals surface area contributed by atoms with E-state index in [1.54, 1.807) is 12.4 Å². The van der Waals surface area contributed by atoms with Crippen LogP contribution in [0.4, 0.5) is 17.3 Å². The molecular weight excluding hydrogens is 250 g/mol. The summed E-state index contributed by atoms with van der Waals surface area (Å²) in [5, 5.41) is 0. The highest BCUT2D eigenvalue weighted by Crippen LogP contribution is 2.19. The molecule has 2 heterocycles. The minimum Gasteiger partial charge on any atom is -0.399 e. The Morgan fingerprint density at radius 3 is 2.25 bits per heavy atom. The first-order valence-corrected chi connectivity index (χ1v) is 6.95. The van der Waals surface area contributed by atoms with Gasteiger partial charge in [-0.15, -0.1) is 0 Å². The Morgan fingerprint density at radius 2 is 1.50 bits per heavy atom. The molecule has 1 aromatic heterocycles. The standard InChI is InChI=1S/C15H19N5/c16-13-3-5-14(6-4-13)19-9-2-10-20(12-11-19)15-17-7-1-8-18-15/h1,3-8H,2,9-12,16H2. The maximum Gasteiger partial charge on any atom is 0.225 e. The molecule has 1 saturated heterocycles. The maximum atomic E-state index is 5.74. The number of aromatic nitrogens is 2. The molecule has 5 heteroatoms. The third-order valence-corrected chi connectivity index (χ3v) is 3.59. The summed E-state index contributed by atoms with van der Waals surface area (Å²) < 4.78 is 0. The molecule has 1 aromatic carbocycles. The minimum absolute atomic E-state index is 0.808. The molecule has 0 amide bonds. The van der Waals surface area contributed by atoms with Crippen molar-refractivity contribution in [3.8, 4) is 0 Å². The van der Waals surface area contributed by atoms with Gasteiger partial charge in [0.15, 0.2) is 0 Å². The van der Waals surface area contributed by atoms with E-state index in [-0.39, 0.29) is 0 Å². The summed E-state index contributed by atoms with van der Waals surface area (Å²) in [7, 11) is 0. The quantitative estimate of drug-likeness (QED) is 0.842. The van der Waals surface area contributed by atoms with Crippen molar-refractivity contribution in [2.75, 3.05) is 41.7 Å². The van der Waals surface area contributed by atoms with Gasteiger partial charge in [0.2, 0.25) is 5.95 Å². The molecule has 20 heavy (non-hydrogen) atoms. The van der Waals surface area contributed by atoms with Crippen LogP contribution in [0, 0.1) is 0 Å². The van der Waals surface area contributed by atoms with Gasteiger partial charge in [0.05, 0.1) is 0 Å². The van der Waals surface area contributed by atoms with Crippen LogP contribution < -0.4 is 15.5 Å². The predicted molar refractivity (Wildman–Crippen MR) is 81.9 cm³/mol. The van der Waals surface area contributed by atoms with Crippen molar-refractivity contribution >= 4 is 17.3 Å². The summed E-state index contributed by atoms with van der Waals surface area (Å²) in [6.45, 7) is 3.96. The molecule has 1 aliphatic heterocycles. The Morgan fingerprint density at radius 1 is 0.850 bits per heavy atom. The molecule has 1 fully saturated rings. The lowest BCUT2D eigenvalue weighted by Crippen LogP contribution is -2.31. The third-order valence-electron chi connectivity index (χ3n) is 3.59. The number of hydrogen-bond acceptors (Lipinski definition) is 5. The summed E-state index contributed by atoms with van der Waals surface area (Å²) in [6.07, 6.45) is 4.69. The first-order valence-electron chi connectivity index (χ1n) is 6.95. The molecule has 0 atom stereocenters. The lowest BCUT2D eigenvalue weighted by atomic mass is 10.2. The zero-order valence-corrected chi connectivity index (χ0v) is 11.4.